The van der Waals surface area contributed by atoms with Crippen molar-refractivity contribution in [3.8, 4) is 0 Å². The van der Waals surface area contributed by atoms with Crippen LogP contribution < -0.4 is 15.8 Å². The summed E-state index contributed by atoms with van der Waals surface area (Å²) >= 11 is 1.25. The molecule has 0 spiro atoms. The lowest BCUT2D eigenvalue weighted by molar-refractivity contribution is -0.118. The van der Waals surface area contributed by atoms with E-state index in [1.54, 1.807) is 24.9 Å². The average molecular weight is 425 g/mol. The molecule has 0 saturated carbocycles. The van der Waals surface area contributed by atoms with Gasteiger partial charge in [-0.05, 0) is 31.5 Å². The van der Waals surface area contributed by atoms with E-state index in [2.05, 4.69) is 15.9 Å². The second kappa shape index (κ2) is 10.5. The Morgan fingerprint density at radius 1 is 1.10 bits per heavy atom. The SMILES string of the molecule is Cc1cc(NC(=O)C(C)SCC(=O)NN(Cc2ccccc2)c2ccccc2)no1. The summed E-state index contributed by atoms with van der Waals surface area (Å²) in [6.45, 7) is 4.03. The Kier molecular flexibility index (Phi) is 7.51. The van der Waals surface area contributed by atoms with Crippen molar-refractivity contribution in [2.24, 2.45) is 0 Å². The number of thioether (sulfide) groups is 1. The van der Waals surface area contributed by atoms with Gasteiger partial charge in [0.05, 0.1) is 23.2 Å². The van der Waals surface area contributed by atoms with Crippen molar-refractivity contribution in [3.63, 3.8) is 0 Å². The predicted molar refractivity (Wildman–Crippen MR) is 119 cm³/mol. The summed E-state index contributed by atoms with van der Waals surface area (Å²) in [5.41, 5.74) is 4.90. The number of hydrazine groups is 1. The van der Waals surface area contributed by atoms with E-state index < -0.39 is 5.25 Å². The number of anilines is 2. The maximum absolute atomic E-state index is 12.6. The number of aryl methyl sites for hydroxylation is 1. The summed E-state index contributed by atoms with van der Waals surface area (Å²) in [6.07, 6.45) is 0. The maximum atomic E-state index is 12.6. The number of carbonyl (C=O) groups is 2. The third-order valence-electron chi connectivity index (χ3n) is 4.22. The first-order valence-electron chi connectivity index (χ1n) is 9.53. The zero-order chi connectivity index (χ0) is 21.3. The molecule has 156 valence electrons. The summed E-state index contributed by atoms with van der Waals surface area (Å²) in [4.78, 5) is 24.8. The molecule has 3 rings (SSSR count). The largest absolute Gasteiger partial charge is 0.360 e. The number of rotatable bonds is 9. The number of para-hydroxylation sites is 1. The van der Waals surface area contributed by atoms with E-state index in [9.17, 15) is 9.59 Å². The van der Waals surface area contributed by atoms with Crippen molar-refractivity contribution in [3.05, 3.63) is 78.1 Å². The Bertz CT molecular complexity index is 963. The molecule has 0 fully saturated rings. The van der Waals surface area contributed by atoms with E-state index in [0.29, 0.717) is 18.1 Å². The smallest absolute Gasteiger partial charge is 0.248 e. The van der Waals surface area contributed by atoms with Gasteiger partial charge >= 0.3 is 0 Å². The zero-order valence-electron chi connectivity index (χ0n) is 16.9. The Morgan fingerprint density at radius 2 is 1.77 bits per heavy atom. The lowest BCUT2D eigenvalue weighted by Gasteiger charge is -2.25. The van der Waals surface area contributed by atoms with Crippen LogP contribution in [0.1, 0.15) is 18.2 Å². The van der Waals surface area contributed by atoms with Gasteiger partial charge in [-0.1, -0.05) is 53.7 Å². The zero-order valence-corrected chi connectivity index (χ0v) is 17.7. The van der Waals surface area contributed by atoms with Crippen LogP contribution in [0.5, 0.6) is 0 Å². The van der Waals surface area contributed by atoms with Crippen molar-refractivity contribution in [1.29, 1.82) is 0 Å². The molecular weight excluding hydrogens is 400 g/mol. The van der Waals surface area contributed by atoms with Gasteiger partial charge in [0.15, 0.2) is 5.82 Å². The topological polar surface area (TPSA) is 87.5 Å². The molecule has 1 atom stereocenters. The van der Waals surface area contributed by atoms with Crippen molar-refractivity contribution >= 4 is 35.1 Å². The first-order valence-corrected chi connectivity index (χ1v) is 10.6. The molecule has 1 unspecified atom stereocenters. The van der Waals surface area contributed by atoms with Gasteiger partial charge in [0, 0.05) is 6.07 Å². The van der Waals surface area contributed by atoms with Crippen molar-refractivity contribution in [1.82, 2.24) is 10.6 Å². The Hall–Kier alpha value is -3.26. The summed E-state index contributed by atoms with van der Waals surface area (Å²) in [5, 5.41) is 7.81. The van der Waals surface area contributed by atoms with Crippen LogP contribution in [-0.4, -0.2) is 28.0 Å². The number of benzene rings is 2. The van der Waals surface area contributed by atoms with Crippen molar-refractivity contribution in [2.45, 2.75) is 25.6 Å². The van der Waals surface area contributed by atoms with Crippen LogP contribution in [0.2, 0.25) is 0 Å². The number of aromatic nitrogens is 1. The fourth-order valence-corrected chi connectivity index (χ4v) is 3.36. The van der Waals surface area contributed by atoms with E-state index >= 15 is 0 Å². The molecule has 3 aromatic rings. The Balaban J connectivity index is 1.55. The van der Waals surface area contributed by atoms with Crippen LogP contribution in [0.3, 0.4) is 0 Å². The molecule has 30 heavy (non-hydrogen) atoms. The van der Waals surface area contributed by atoms with Crippen LogP contribution in [0, 0.1) is 6.92 Å². The molecule has 8 heteroatoms. The molecule has 0 aliphatic heterocycles. The molecule has 0 saturated heterocycles. The van der Waals surface area contributed by atoms with E-state index in [-0.39, 0.29) is 17.6 Å². The average Bonchev–Trinajstić information content (AvgIpc) is 3.17. The molecule has 2 aromatic carbocycles. The molecule has 2 N–H and O–H groups in total. The quantitative estimate of drug-likeness (QED) is 0.508. The van der Waals surface area contributed by atoms with E-state index in [4.69, 9.17) is 4.52 Å². The highest BCUT2D eigenvalue weighted by molar-refractivity contribution is 8.01. The fourth-order valence-electron chi connectivity index (χ4n) is 2.68. The third-order valence-corrected chi connectivity index (χ3v) is 5.37. The lowest BCUT2D eigenvalue weighted by Crippen LogP contribution is -2.43. The summed E-state index contributed by atoms with van der Waals surface area (Å²) < 4.78 is 4.94. The highest BCUT2D eigenvalue weighted by Gasteiger charge is 2.18. The molecule has 0 radical (unpaired) electrons. The summed E-state index contributed by atoms with van der Waals surface area (Å²) in [6, 6.07) is 21.2. The molecule has 1 heterocycles. The van der Waals surface area contributed by atoms with Gasteiger partial charge in [-0.2, -0.15) is 0 Å². The second-order valence-corrected chi connectivity index (χ2v) is 8.04. The number of nitrogens with zero attached hydrogens (tertiary/aromatic N) is 2. The van der Waals surface area contributed by atoms with Gasteiger partial charge in [0.2, 0.25) is 11.8 Å². The highest BCUT2D eigenvalue weighted by atomic mass is 32.2. The fraction of sp³-hybridized carbons (Fsp3) is 0.227. The van der Waals surface area contributed by atoms with Gasteiger partial charge in [0.25, 0.3) is 0 Å². The number of hydrogen-bond donors (Lipinski definition) is 2. The van der Waals surface area contributed by atoms with E-state index in [0.717, 1.165) is 11.3 Å². The van der Waals surface area contributed by atoms with Gasteiger partial charge in [0.1, 0.15) is 5.76 Å². The standard InChI is InChI=1S/C22H24N4O3S/c1-16-13-20(25-29-16)23-22(28)17(2)30-15-21(27)24-26(19-11-7-4-8-12-19)14-18-9-5-3-6-10-18/h3-13,17H,14-15H2,1-2H3,(H,24,27)(H,23,25,28). The van der Waals surface area contributed by atoms with Gasteiger partial charge < -0.3 is 9.84 Å². The first kappa shape index (κ1) is 21.4. The number of carbonyl (C=O) groups excluding carboxylic acids is 2. The van der Waals surface area contributed by atoms with Crippen molar-refractivity contribution in [2.75, 3.05) is 16.1 Å². The minimum absolute atomic E-state index is 0.143. The minimum atomic E-state index is -0.424. The minimum Gasteiger partial charge on any atom is -0.360 e. The maximum Gasteiger partial charge on any atom is 0.248 e. The third kappa shape index (κ3) is 6.38. The Morgan fingerprint density at radius 3 is 2.40 bits per heavy atom. The van der Waals surface area contributed by atoms with Gasteiger partial charge in [-0.15, -0.1) is 11.8 Å². The molecule has 0 aliphatic carbocycles. The lowest BCUT2D eigenvalue weighted by atomic mass is 10.2. The molecule has 2 amide bonds. The van der Waals surface area contributed by atoms with Crippen LogP contribution in [0.4, 0.5) is 11.5 Å². The summed E-state index contributed by atoms with van der Waals surface area (Å²) in [7, 11) is 0. The van der Waals surface area contributed by atoms with Crippen LogP contribution in [0.15, 0.2) is 71.3 Å². The molecular formula is C22H24N4O3S. The predicted octanol–water partition coefficient (Wildman–Crippen LogP) is 3.78. The van der Waals surface area contributed by atoms with Gasteiger partial charge in [-0.25, -0.2) is 0 Å². The second-order valence-electron chi connectivity index (χ2n) is 6.71. The molecule has 0 aliphatic rings. The van der Waals surface area contributed by atoms with E-state index in [1.165, 1.54) is 11.8 Å². The van der Waals surface area contributed by atoms with Crippen LogP contribution in [0.25, 0.3) is 0 Å². The molecule has 7 nitrogen and oxygen atoms in total. The molecule has 1 aromatic heterocycles. The number of nitrogens with one attached hydrogen (secondary N) is 2. The first-order chi connectivity index (χ1) is 14.5. The Labute approximate surface area is 179 Å². The monoisotopic (exact) mass is 424 g/mol. The number of hydrogen-bond acceptors (Lipinski definition) is 6. The van der Waals surface area contributed by atoms with Crippen molar-refractivity contribution < 1.29 is 14.1 Å². The van der Waals surface area contributed by atoms with Gasteiger partial charge in [-0.3, -0.25) is 20.0 Å². The van der Waals surface area contributed by atoms with Crippen LogP contribution >= 0.6 is 11.8 Å². The normalized spacial score (nSPS) is 11.5. The molecule has 0 bridgehead atoms. The van der Waals surface area contributed by atoms with Crippen LogP contribution in [-0.2, 0) is 16.1 Å². The highest BCUT2D eigenvalue weighted by Crippen LogP contribution is 2.17. The number of amides is 2. The van der Waals surface area contributed by atoms with E-state index in [1.807, 2.05) is 60.7 Å². The summed E-state index contributed by atoms with van der Waals surface area (Å²) in [5.74, 6) is 0.712.